The molecule has 0 aliphatic carbocycles. The zero-order chi connectivity index (χ0) is 26.7. The molecule has 0 fully saturated rings. The Kier molecular flexibility index (Phi) is 24.3. The zero-order valence-electron chi connectivity index (χ0n) is 25.4. The highest BCUT2D eigenvalue weighted by atomic mass is 32.1. The van der Waals surface area contributed by atoms with Crippen molar-refractivity contribution < 1.29 is 5.11 Å². The van der Waals surface area contributed by atoms with Gasteiger partial charge in [-0.15, -0.1) is 0 Å². The summed E-state index contributed by atoms with van der Waals surface area (Å²) in [5, 5.41) is 15.9. The van der Waals surface area contributed by atoms with Crippen LogP contribution in [0.4, 0.5) is 0 Å². The Balaban J connectivity index is 2.04. The molecule has 0 amide bonds. The Morgan fingerprint density at radius 1 is 0.486 bits per heavy atom. The third kappa shape index (κ3) is 20.3. The van der Waals surface area contributed by atoms with Crippen molar-refractivity contribution in [2.75, 3.05) is 0 Å². The molecule has 0 aromatic carbocycles. The summed E-state index contributed by atoms with van der Waals surface area (Å²) in [6.07, 6.45) is 37.8. The lowest BCUT2D eigenvalue weighted by Crippen LogP contribution is -2.25. The van der Waals surface area contributed by atoms with Gasteiger partial charge in [0.1, 0.15) is 0 Å². The van der Waals surface area contributed by atoms with Crippen molar-refractivity contribution in [2.24, 2.45) is 0 Å². The van der Waals surface area contributed by atoms with E-state index in [1.807, 2.05) is 0 Å². The van der Waals surface area contributed by atoms with Crippen molar-refractivity contribution >= 4 is 11.3 Å². The zero-order valence-corrected chi connectivity index (χ0v) is 26.2. The van der Waals surface area contributed by atoms with Crippen molar-refractivity contribution in [1.82, 2.24) is 0 Å². The van der Waals surface area contributed by atoms with E-state index in [1.54, 1.807) is 11.3 Å². The Hall–Kier alpha value is -0.340. The van der Waals surface area contributed by atoms with Crippen molar-refractivity contribution in [3.05, 3.63) is 22.4 Å². The van der Waals surface area contributed by atoms with Crippen LogP contribution in [0.5, 0.6) is 0 Å². The van der Waals surface area contributed by atoms with Gasteiger partial charge >= 0.3 is 0 Å². The highest BCUT2D eigenvalue weighted by Gasteiger charge is 2.28. The molecule has 218 valence electrons. The van der Waals surface area contributed by atoms with E-state index in [2.05, 4.69) is 30.7 Å². The second kappa shape index (κ2) is 25.9. The number of unbranched alkanes of at least 4 members (excludes halogenated alkanes) is 24. The van der Waals surface area contributed by atoms with Gasteiger partial charge in [0, 0.05) is 0 Å². The highest BCUT2D eigenvalue weighted by molar-refractivity contribution is 7.08. The first-order valence-electron chi connectivity index (χ1n) is 17.0. The second-order valence-electron chi connectivity index (χ2n) is 12.0. The van der Waals surface area contributed by atoms with Gasteiger partial charge in [0.05, 0.1) is 5.60 Å². The summed E-state index contributed by atoms with van der Waals surface area (Å²) in [5.74, 6) is 0. The molecule has 0 bridgehead atoms. The lowest BCUT2D eigenvalue weighted by Gasteiger charge is -2.28. The molecule has 0 unspecified atom stereocenters. The molecule has 1 nitrogen and oxygen atoms in total. The maximum absolute atomic E-state index is 11.5. The van der Waals surface area contributed by atoms with E-state index in [-0.39, 0.29) is 0 Å². The Labute approximate surface area is 237 Å². The minimum absolute atomic E-state index is 0.588. The molecule has 0 saturated carbocycles. The molecule has 0 atom stereocenters. The van der Waals surface area contributed by atoms with Gasteiger partial charge < -0.3 is 5.11 Å². The van der Waals surface area contributed by atoms with Crippen LogP contribution in [0, 0.1) is 0 Å². The molecule has 0 aliphatic heterocycles. The molecule has 0 aliphatic rings. The van der Waals surface area contributed by atoms with Crippen LogP contribution < -0.4 is 0 Å². The first-order valence-corrected chi connectivity index (χ1v) is 17.9. The van der Waals surface area contributed by atoms with Crippen molar-refractivity contribution in [3.8, 4) is 0 Å². The van der Waals surface area contributed by atoms with Crippen molar-refractivity contribution in [1.29, 1.82) is 0 Å². The Morgan fingerprint density at radius 2 is 0.784 bits per heavy atom. The van der Waals surface area contributed by atoms with E-state index >= 15 is 0 Å². The van der Waals surface area contributed by atoms with E-state index in [1.165, 1.54) is 173 Å². The minimum atomic E-state index is -0.588. The molecule has 2 heteroatoms. The Bertz CT molecular complexity index is 522. The maximum atomic E-state index is 11.5. The fourth-order valence-electron chi connectivity index (χ4n) is 5.81. The molecule has 1 heterocycles. The van der Waals surface area contributed by atoms with Gasteiger partial charge in [-0.05, 0) is 35.2 Å². The molecular formula is C35H66OS. The minimum Gasteiger partial charge on any atom is -0.385 e. The van der Waals surface area contributed by atoms with Crippen molar-refractivity contribution in [3.63, 3.8) is 0 Å². The lowest BCUT2D eigenvalue weighted by molar-refractivity contribution is 0.0136. The monoisotopic (exact) mass is 534 g/mol. The first-order chi connectivity index (χ1) is 18.2. The number of rotatable bonds is 29. The van der Waals surface area contributed by atoms with Crippen LogP contribution in [-0.4, -0.2) is 5.11 Å². The topological polar surface area (TPSA) is 20.2 Å². The normalized spacial score (nSPS) is 12.0. The van der Waals surface area contributed by atoms with Gasteiger partial charge in [0.25, 0.3) is 0 Å². The molecule has 1 N–H and O–H groups in total. The first kappa shape index (κ1) is 34.7. The molecular weight excluding hydrogens is 468 g/mol. The summed E-state index contributed by atoms with van der Waals surface area (Å²) < 4.78 is 0. The number of aliphatic hydroxyl groups is 1. The van der Waals surface area contributed by atoms with Gasteiger partial charge in [0.2, 0.25) is 0 Å². The fourth-order valence-corrected chi connectivity index (χ4v) is 6.56. The van der Waals surface area contributed by atoms with E-state index in [0.717, 1.165) is 12.8 Å². The summed E-state index contributed by atoms with van der Waals surface area (Å²) in [7, 11) is 0. The fraction of sp³-hybridized carbons (Fsp3) is 0.886. The van der Waals surface area contributed by atoms with Gasteiger partial charge in [-0.2, -0.15) is 11.3 Å². The predicted molar refractivity (Wildman–Crippen MR) is 169 cm³/mol. The van der Waals surface area contributed by atoms with Crippen LogP contribution >= 0.6 is 11.3 Å². The molecule has 0 radical (unpaired) electrons. The van der Waals surface area contributed by atoms with Crippen LogP contribution in [0.25, 0.3) is 0 Å². The van der Waals surface area contributed by atoms with Crippen LogP contribution in [0.2, 0.25) is 0 Å². The van der Waals surface area contributed by atoms with E-state index < -0.39 is 5.60 Å². The Morgan fingerprint density at radius 3 is 1.05 bits per heavy atom. The second-order valence-corrected chi connectivity index (χ2v) is 12.8. The van der Waals surface area contributed by atoms with Crippen LogP contribution in [0.1, 0.15) is 199 Å². The average molecular weight is 535 g/mol. The smallest absolute Gasteiger partial charge is 0.0904 e. The number of hydrogen-bond acceptors (Lipinski definition) is 2. The van der Waals surface area contributed by atoms with Crippen LogP contribution in [-0.2, 0) is 5.60 Å². The molecule has 37 heavy (non-hydrogen) atoms. The van der Waals surface area contributed by atoms with E-state index in [9.17, 15) is 5.11 Å². The van der Waals surface area contributed by atoms with E-state index in [4.69, 9.17) is 0 Å². The lowest BCUT2D eigenvalue weighted by atomic mass is 9.85. The molecule has 1 aromatic rings. The largest absolute Gasteiger partial charge is 0.385 e. The molecule has 1 aromatic heterocycles. The van der Waals surface area contributed by atoms with Gasteiger partial charge in [-0.1, -0.05) is 181 Å². The van der Waals surface area contributed by atoms with Crippen LogP contribution in [0.15, 0.2) is 16.8 Å². The summed E-state index contributed by atoms with van der Waals surface area (Å²) in [4.78, 5) is 0. The third-order valence-corrected chi connectivity index (χ3v) is 9.13. The van der Waals surface area contributed by atoms with Gasteiger partial charge in [0.15, 0.2) is 0 Å². The molecule has 1 rings (SSSR count). The standard InChI is InChI=1S/C35H66OS/c1-3-5-7-9-11-13-15-17-19-21-23-25-27-30-35(36,34-29-32-37-33-34)31-28-26-24-22-20-18-16-14-12-10-8-6-4-2/h29,32-33,36H,3-28,30-31H2,1-2H3. The maximum Gasteiger partial charge on any atom is 0.0904 e. The molecule has 0 spiro atoms. The van der Waals surface area contributed by atoms with E-state index in [0.29, 0.717) is 0 Å². The summed E-state index contributed by atoms with van der Waals surface area (Å²) in [6.45, 7) is 4.59. The highest BCUT2D eigenvalue weighted by Crippen LogP contribution is 2.34. The van der Waals surface area contributed by atoms with Crippen molar-refractivity contribution in [2.45, 2.75) is 199 Å². The SMILES string of the molecule is CCCCCCCCCCCCCCCC(O)(CCCCCCCCCCCCCCC)c1ccsc1. The summed E-state index contributed by atoms with van der Waals surface area (Å²) in [5.41, 5.74) is 0.589. The predicted octanol–water partition coefficient (Wildman–Crippen LogP) is 12.9. The average Bonchev–Trinajstić information content (AvgIpc) is 3.46. The van der Waals surface area contributed by atoms with Gasteiger partial charge in [-0.3, -0.25) is 0 Å². The summed E-state index contributed by atoms with van der Waals surface area (Å²) in [6, 6.07) is 2.16. The van der Waals surface area contributed by atoms with Crippen LogP contribution in [0.3, 0.4) is 0 Å². The van der Waals surface area contributed by atoms with Gasteiger partial charge in [-0.25, -0.2) is 0 Å². The quantitative estimate of drug-likeness (QED) is 0.101. The number of thiophene rings is 1. The number of hydrogen-bond donors (Lipinski definition) is 1. The molecule has 0 saturated heterocycles. The third-order valence-electron chi connectivity index (χ3n) is 8.45. The summed E-state index contributed by atoms with van der Waals surface area (Å²) >= 11 is 1.73.